The highest BCUT2D eigenvalue weighted by Crippen LogP contribution is 2.53. The van der Waals surface area contributed by atoms with E-state index in [1.54, 1.807) is 0 Å². The van der Waals surface area contributed by atoms with Crippen molar-refractivity contribution in [3.63, 3.8) is 0 Å². The minimum absolute atomic E-state index is 0.0677. The fourth-order valence-electron chi connectivity index (χ4n) is 8.17. The monoisotopic (exact) mass is 639 g/mol. The van der Waals surface area contributed by atoms with E-state index in [4.69, 9.17) is 9.97 Å². The molecule has 1 aliphatic rings. The summed E-state index contributed by atoms with van der Waals surface area (Å²) < 4.78 is 2.25. The van der Waals surface area contributed by atoms with Crippen molar-refractivity contribution < 1.29 is 0 Å². The smallest absolute Gasteiger partial charge is 0.145 e. The highest BCUT2D eigenvalue weighted by molar-refractivity contribution is 6.19. The van der Waals surface area contributed by atoms with Crippen molar-refractivity contribution in [2.45, 2.75) is 19.3 Å². The number of hydrogen-bond donors (Lipinski definition) is 0. The molecule has 0 amide bonds. The summed E-state index contributed by atoms with van der Waals surface area (Å²) in [6, 6.07) is 58.6. The van der Waals surface area contributed by atoms with Crippen LogP contribution < -0.4 is 0 Å². The summed E-state index contributed by atoms with van der Waals surface area (Å²) in [7, 11) is 0. The number of para-hydroxylation sites is 4. The second-order valence-electron chi connectivity index (χ2n) is 13.8. The van der Waals surface area contributed by atoms with Gasteiger partial charge >= 0.3 is 0 Å². The topological polar surface area (TPSA) is 30.7 Å². The van der Waals surface area contributed by atoms with Crippen molar-refractivity contribution in [1.29, 1.82) is 0 Å². The summed E-state index contributed by atoms with van der Waals surface area (Å²) in [5.74, 6) is 0.932. The highest BCUT2D eigenvalue weighted by atomic mass is 15.1. The molecule has 3 heteroatoms. The highest BCUT2D eigenvalue weighted by Gasteiger charge is 2.36. The Morgan fingerprint density at radius 1 is 0.480 bits per heavy atom. The molecule has 7 aromatic carbocycles. The molecule has 10 rings (SSSR count). The summed E-state index contributed by atoms with van der Waals surface area (Å²) in [4.78, 5) is 10.4. The van der Waals surface area contributed by atoms with Gasteiger partial charge in [0.25, 0.3) is 0 Å². The maximum Gasteiger partial charge on any atom is 0.145 e. The predicted octanol–water partition coefficient (Wildman–Crippen LogP) is 12.0. The third kappa shape index (κ3) is 4.23. The van der Waals surface area contributed by atoms with Crippen molar-refractivity contribution in [2.24, 2.45) is 0 Å². The van der Waals surface area contributed by atoms with Crippen molar-refractivity contribution in [2.75, 3.05) is 0 Å². The van der Waals surface area contributed by atoms with Crippen LogP contribution in [0.2, 0.25) is 0 Å². The maximum atomic E-state index is 5.33. The molecule has 0 bridgehead atoms. The van der Waals surface area contributed by atoms with Gasteiger partial charge in [-0.15, -0.1) is 0 Å². The molecule has 0 radical (unpaired) electrons. The third-order valence-corrected chi connectivity index (χ3v) is 10.6. The standard InChI is InChI=1S/C47H33N3/c1-47(2)38-19-8-6-17-35(38)44-39(47)28-27-37-43(44)36-18-7-9-20-40(36)48-45(37)33-14-12-13-32(29-33)30-23-25-31(26-24-30)46-49-41-21-10-11-22-42(41)50(46)34-15-4-3-5-16-34/h3-29H,1-2H3. The Balaban J connectivity index is 1.11. The molecule has 0 aliphatic heterocycles. The first-order chi connectivity index (χ1) is 24.6. The molecule has 0 saturated heterocycles. The van der Waals surface area contributed by atoms with Gasteiger partial charge in [-0.2, -0.15) is 0 Å². The van der Waals surface area contributed by atoms with Crippen LogP contribution in [0.25, 0.3) is 83.3 Å². The summed E-state index contributed by atoms with van der Waals surface area (Å²) in [5, 5.41) is 3.67. The average molecular weight is 640 g/mol. The predicted molar refractivity (Wildman–Crippen MR) is 208 cm³/mol. The number of fused-ring (bicyclic) bond motifs is 8. The Morgan fingerprint density at radius 2 is 1.18 bits per heavy atom. The van der Waals surface area contributed by atoms with Crippen LogP contribution >= 0.6 is 0 Å². The van der Waals surface area contributed by atoms with Crippen molar-refractivity contribution in [3.8, 4) is 50.6 Å². The van der Waals surface area contributed by atoms with E-state index in [1.165, 1.54) is 38.4 Å². The molecule has 236 valence electrons. The van der Waals surface area contributed by atoms with Crippen molar-refractivity contribution in [1.82, 2.24) is 14.5 Å². The van der Waals surface area contributed by atoms with Crippen LogP contribution in [0, 0.1) is 0 Å². The van der Waals surface area contributed by atoms with Crippen LogP contribution in [-0.4, -0.2) is 14.5 Å². The first-order valence-electron chi connectivity index (χ1n) is 17.3. The van der Waals surface area contributed by atoms with Gasteiger partial charge < -0.3 is 0 Å². The van der Waals surface area contributed by atoms with E-state index in [2.05, 4.69) is 170 Å². The second-order valence-corrected chi connectivity index (χ2v) is 13.8. The molecule has 2 heterocycles. The molecule has 0 atom stereocenters. The SMILES string of the molecule is CC1(C)c2ccccc2-c2c1ccc1c(-c3cccc(-c4ccc(-c5nc6ccccc6n5-c5ccccc5)cc4)c3)nc3ccccc3c21. The Labute approximate surface area is 291 Å². The molecule has 3 nitrogen and oxygen atoms in total. The zero-order chi connectivity index (χ0) is 33.4. The Kier molecular flexibility index (Phi) is 6.22. The van der Waals surface area contributed by atoms with Crippen LogP contribution in [0.15, 0.2) is 164 Å². The number of hydrogen-bond acceptors (Lipinski definition) is 2. The molecule has 9 aromatic rings. The number of aromatic nitrogens is 3. The third-order valence-electron chi connectivity index (χ3n) is 10.6. The van der Waals surface area contributed by atoms with Crippen LogP contribution in [0.4, 0.5) is 0 Å². The first kappa shape index (κ1) is 28.7. The molecule has 0 N–H and O–H groups in total. The number of pyridine rings is 1. The van der Waals surface area contributed by atoms with E-state index in [9.17, 15) is 0 Å². The number of benzene rings is 7. The van der Waals surface area contributed by atoms with Crippen molar-refractivity contribution >= 4 is 32.7 Å². The zero-order valence-corrected chi connectivity index (χ0v) is 27.9. The molecule has 1 aliphatic carbocycles. The molecule has 0 spiro atoms. The summed E-state index contributed by atoms with van der Waals surface area (Å²) >= 11 is 0. The maximum absolute atomic E-state index is 5.33. The minimum Gasteiger partial charge on any atom is -0.292 e. The molecule has 2 aromatic heterocycles. The van der Waals surface area contributed by atoms with Gasteiger partial charge in [-0.05, 0) is 69.8 Å². The lowest BCUT2D eigenvalue weighted by Crippen LogP contribution is -2.14. The van der Waals surface area contributed by atoms with Gasteiger partial charge in [0.05, 0.1) is 22.2 Å². The lowest BCUT2D eigenvalue weighted by Gasteiger charge is -2.22. The van der Waals surface area contributed by atoms with Gasteiger partial charge in [0, 0.05) is 38.4 Å². The lowest BCUT2D eigenvalue weighted by molar-refractivity contribution is 0.661. The van der Waals surface area contributed by atoms with E-state index in [-0.39, 0.29) is 5.41 Å². The van der Waals surface area contributed by atoms with E-state index in [1.807, 2.05) is 12.1 Å². The first-order valence-corrected chi connectivity index (χ1v) is 17.3. The normalized spacial score (nSPS) is 13.2. The number of imidazole rings is 1. The van der Waals surface area contributed by atoms with E-state index >= 15 is 0 Å². The van der Waals surface area contributed by atoms with Gasteiger partial charge in [0.1, 0.15) is 5.82 Å². The van der Waals surface area contributed by atoms with Gasteiger partial charge in [0.2, 0.25) is 0 Å². The van der Waals surface area contributed by atoms with Gasteiger partial charge in [-0.1, -0.05) is 141 Å². The molecule has 0 fully saturated rings. The average Bonchev–Trinajstić information content (AvgIpc) is 3.67. The zero-order valence-electron chi connectivity index (χ0n) is 27.9. The lowest BCUT2D eigenvalue weighted by atomic mass is 9.81. The largest absolute Gasteiger partial charge is 0.292 e. The summed E-state index contributed by atoms with van der Waals surface area (Å²) in [5.41, 5.74) is 15.1. The Hall–Kier alpha value is -6.32. The molecular weight excluding hydrogens is 607 g/mol. The second kappa shape index (κ2) is 10.8. The molecule has 50 heavy (non-hydrogen) atoms. The van der Waals surface area contributed by atoms with Crippen LogP contribution in [0.5, 0.6) is 0 Å². The Morgan fingerprint density at radius 3 is 2.04 bits per heavy atom. The Bertz CT molecular complexity index is 2770. The van der Waals surface area contributed by atoms with Crippen molar-refractivity contribution in [3.05, 3.63) is 175 Å². The number of rotatable bonds is 4. The van der Waals surface area contributed by atoms with Gasteiger partial charge in [-0.3, -0.25) is 4.57 Å². The van der Waals surface area contributed by atoms with E-state index < -0.39 is 0 Å². The minimum atomic E-state index is -0.0677. The van der Waals surface area contributed by atoms with Gasteiger partial charge in [0.15, 0.2) is 0 Å². The summed E-state index contributed by atoms with van der Waals surface area (Å²) in [6.45, 7) is 4.69. The molecular formula is C47H33N3. The number of nitrogens with zero attached hydrogens (tertiary/aromatic N) is 3. The fourth-order valence-corrected chi connectivity index (χ4v) is 8.17. The quantitative estimate of drug-likeness (QED) is 0.179. The van der Waals surface area contributed by atoms with Gasteiger partial charge in [-0.25, -0.2) is 9.97 Å². The van der Waals surface area contributed by atoms with Crippen LogP contribution in [0.3, 0.4) is 0 Å². The molecule has 0 unspecified atom stereocenters. The van der Waals surface area contributed by atoms with E-state index in [0.717, 1.165) is 56.0 Å². The fraction of sp³-hybridized carbons (Fsp3) is 0.0638. The summed E-state index contributed by atoms with van der Waals surface area (Å²) in [6.07, 6.45) is 0. The molecule has 0 saturated carbocycles. The van der Waals surface area contributed by atoms with Crippen LogP contribution in [-0.2, 0) is 5.41 Å². The van der Waals surface area contributed by atoms with E-state index in [0.29, 0.717) is 0 Å². The van der Waals surface area contributed by atoms with Crippen LogP contribution in [0.1, 0.15) is 25.0 Å².